The van der Waals surface area contributed by atoms with Crippen LogP contribution >= 0.6 is 0 Å². The van der Waals surface area contributed by atoms with Gasteiger partial charge in [-0.3, -0.25) is 9.20 Å². The van der Waals surface area contributed by atoms with E-state index in [1.165, 1.54) is 9.08 Å². The number of nitrogens with zero attached hydrogens (tertiary/aromatic N) is 3. The van der Waals surface area contributed by atoms with E-state index in [0.717, 1.165) is 12.0 Å². The van der Waals surface area contributed by atoms with E-state index in [9.17, 15) is 9.59 Å². The largest absolute Gasteiger partial charge is 0.350 e. The third-order valence-electron chi connectivity index (χ3n) is 4.03. The van der Waals surface area contributed by atoms with Gasteiger partial charge in [0.2, 0.25) is 5.91 Å². The van der Waals surface area contributed by atoms with Crippen molar-refractivity contribution < 1.29 is 4.79 Å². The highest BCUT2D eigenvalue weighted by Crippen LogP contribution is 2.20. The maximum atomic E-state index is 12.5. The number of fused-ring (bicyclic) bond motifs is 1. The van der Waals surface area contributed by atoms with Crippen LogP contribution in [0.2, 0.25) is 0 Å². The zero-order valence-corrected chi connectivity index (χ0v) is 14.4. The van der Waals surface area contributed by atoms with E-state index >= 15 is 0 Å². The number of carbonyl (C=O) groups is 1. The first kappa shape index (κ1) is 17.0. The molecule has 0 saturated carbocycles. The molecule has 3 rings (SSSR count). The third kappa shape index (κ3) is 3.96. The molecule has 1 atom stereocenters. The summed E-state index contributed by atoms with van der Waals surface area (Å²) in [6.45, 7) is 4.14. The number of aromatic nitrogens is 3. The molecule has 1 aromatic carbocycles. The highest BCUT2D eigenvalue weighted by Gasteiger charge is 2.17. The summed E-state index contributed by atoms with van der Waals surface area (Å²) in [5.41, 5.74) is 1.28. The van der Waals surface area contributed by atoms with Gasteiger partial charge in [0.05, 0.1) is 6.04 Å². The van der Waals surface area contributed by atoms with Crippen LogP contribution in [0.3, 0.4) is 0 Å². The molecule has 0 aliphatic rings. The van der Waals surface area contributed by atoms with Crippen LogP contribution in [-0.2, 0) is 11.3 Å². The Balaban J connectivity index is 1.77. The average Bonchev–Trinajstić information content (AvgIpc) is 2.91. The summed E-state index contributed by atoms with van der Waals surface area (Å²) in [6, 6.07) is 15.1. The second kappa shape index (κ2) is 7.34. The van der Waals surface area contributed by atoms with Crippen LogP contribution in [0.25, 0.3) is 5.65 Å². The SMILES string of the molecule is CC(C)CC(NC(=O)Cn1nc2ccccn2c1=O)c1ccccc1. The van der Waals surface area contributed by atoms with Crippen molar-refractivity contribution in [1.29, 1.82) is 0 Å². The number of benzene rings is 1. The van der Waals surface area contributed by atoms with E-state index in [1.54, 1.807) is 24.4 Å². The van der Waals surface area contributed by atoms with Crippen molar-refractivity contribution in [3.05, 3.63) is 70.8 Å². The van der Waals surface area contributed by atoms with Gasteiger partial charge < -0.3 is 5.32 Å². The van der Waals surface area contributed by atoms with Crippen molar-refractivity contribution in [2.45, 2.75) is 32.9 Å². The predicted octanol–water partition coefficient (Wildman–Crippen LogP) is 2.40. The lowest BCUT2D eigenvalue weighted by Crippen LogP contribution is -2.35. The van der Waals surface area contributed by atoms with Gasteiger partial charge in [0.15, 0.2) is 5.65 Å². The van der Waals surface area contributed by atoms with E-state index in [1.807, 2.05) is 30.3 Å². The molecule has 1 amide bonds. The van der Waals surface area contributed by atoms with Crippen LogP contribution in [-0.4, -0.2) is 20.1 Å². The molecule has 6 heteroatoms. The molecule has 130 valence electrons. The summed E-state index contributed by atoms with van der Waals surface area (Å²) in [4.78, 5) is 24.8. The molecule has 3 aromatic rings. The minimum Gasteiger partial charge on any atom is -0.348 e. The normalized spacial score (nSPS) is 12.4. The molecule has 1 unspecified atom stereocenters. The van der Waals surface area contributed by atoms with Crippen molar-refractivity contribution in [1.82, 2.24) is 19.5 Å². The van der Waals surface area contributed by atoms with E-state index in [0.29, 0.717) is 11.6 Å². The van der Waals surface area contributed by atoms with Gasteiger partial charge in [-0.25, -0.2) is 9.48 Å². The van der Waals surface area contributed by atoms with Crippen LogP contribution in [0.4, 0.5) is 0 Å². The van der Waals surface area contributed by atoms with Crippen molar-refractivity contribution in [2.24, 2.45) is 5.92 Å². The Kier molecular flexibility index (Phi) is 4.97. The standard InChI is InChI=1S/C19H22N4O2/c1-14(2)12-16(15-8-4-3-5-9-15)20-18(24)13-23-19(25)22-11-7-6-10-17(22)21-23/h3-11,14,16H,12-13H2,1-2H3,(H,20,24). The Morgan fingerprint density at radius 2 is 1.84 bits per heavy atom. The van der Waals surface area contributed by atoms with Gasteiger partial charge >= 0.3 is 5.69 Å². The van der Waals surface area contributed by atoms with Gasteiger partial charge in [-0.2, -0.15) is 0 Å². The number of amides is 1. The Bertz CT molecular complexity index is 912. The maximum absolute atomic E-state index is 12.5. The topological polar surface area (TPSA) is 68.4 Å². The molecule has 0 saturated heterocycles. The van der Waals surface area contributed by atoms with E-state index in [-0.39, 0.29) is 24.2 Å². The van der Waals surface area contributed by atoms with Crippen LogP contribution < -0.4 is 11.0 Å². The van der Waals surface area contributed by atoms with Crippen molar-refractivity contribution in [2.75, 3.05) is 0 Å². The molecular weight excluding hydrogens is 316 g/mol. The summed E-state index contributed by atoms with van der Waals surface area (Å²) in [5.74, 6) is 0.212. The first-order valence-corrected chi connectivity index (χ1v) is 8.43. The van der Waals surface area contributed by atoms with Gasteiger partial charge in [0.25, 0.3) is 0 Å². The molecule has 0 aliphatic heterocycles. The zero-order valence-electron chi connectivity index (χ0n) is 14.4. The lowest BCUT2D eigenvalue weighted by Gasteiger charge is -2.21. The van der Waals surface area contributed by atoms with Gasteiger partial charge in [-0.15, -0.1) is 5.10 Å². The Hall–Kier alpha value is -2.89. The van der Waals surface area contributed by atoms with E-state index < -0.39 is 0 Å². The average molecular weight is 338 g/mol. The Morgan fingerprint density at radius 1 is 1.12 bits per heavy atom. The summed E-state index contributed by atoms with van der Waals surface area (Å²) in [7, 11) is 0. The van der Waals surface area contributed by atoms with Gasteiger partial charge in [-0.05, 0) is 30.0 Å². The maximum Gasteiger partial charge on any atom is 0.350 e. The fraction of sp³-hybridized carbons (Fsp3) is 0.316. The molecule has 0 bridgehead atoms. The van der Waals surface area contributed by atoms with E-state index in [4.69, 9.17) is 0 Å². The molecule has 0 radical (unpaired) electrons. The van der Waals surface area contributed by atoms with Crippen molar-refractivity contribution in [3.63, 3.8) is 0 Å². The second-order valence-corrected chi connectivity index (χ2v) is 6.53. The zero-order chi connectivity index (χ0) is 17.8. The fourth-order valence-corrected chi connectivity index (χ4v) is 2.88. The van der Waals surface area contributed by atoms with Crippen LogP contribution in [0.1, 0.15) is 31.9 Å². The van der Waals surface area contributed by atoms with Gasteiger partial charge in [-0.1, -0.05) is 50.2 Å². The van der Waals surface area contributed by atoms with Gasteiger partial charge in [0.1, 0.15) is 6.54 Å². The molecular formula is C19H22N4O2. The van der Waals surface area contributed by atoms with E-state index in [2.05, 4.69) is 24.3 Å². The second-order valence-electron chi connectivity index (χ2n) is 6.53. The smallest absolute Gasteiger partial charge is 0.348 e. The third-order valence-corrected chi connectivity index (χ3v) is 4.03. The number of nitrogens with one attached hydrogen (secondary N) is 1. The molecule has 0 fully saturated rings. The predicted molar refractivity (Wildman–Crippen MR) is 96.2 cm³/mol. The molecule has 2 aromatic heterocycles. The Morgan fingerprint density at radius 3 is 2.52 bits per heavy atom. The number of pyridine rings is 1. The van der Waals surface area contributed by atoms with Crippen LogP contribution in [0.5, 0.6) is 0 Å². The lowest BCUT2D eigenvalue weighted by molar-refractivity contribution is -0.122. The Labute approximate surface area is 146 Å². The molecule has 1 N–H and O–H groups in total. The fourth-order valence-electron chi connectivity index (χ4n) is 2.88. The van der Waals surface area contributed by atoms with Crippen LogP contribution in [0, 0.1) is 5.92 Å². The molecule has 25 heavy (non-hydrogen) atoms. The molecule has 0 spiro atoms. The van der Waals surface area contributed by atoms with Crippen molar-refractivity contribution >= 4 is 11.6 Å². The minimum atomic E-state index is -0.314. The van der Waals surface area contributed by atoms with Crippen molar-refractivity contribution in [3.8, 4) is 0 Å². The van der Waals surface area contributed by atoms with Crippen LogP contribution in [0.15, 0.2) is 59.5 Å². The lowest BCUT2D eigenvalue weighted by atomic mass is 9.97. The molecule has 0 aliphatic carbocycles. The summed E-state index contributed by atoms with van der Waals surface area (Å²) >= 11 is 0. The highest BCUT2D eigenvalue weighted by atomic mass is 16.2. The minimum absolute atomic E-state index is 0.0820. The quantitative estimate of drug-likeness (QED) is 0.750. The summed E-state index contributed by atoms with van der Waals surface area (Å²) < 4.78 is 2.62. The van der Waals surface area contributed by atoms with Gasteiger partial charge in [0, 0.05) is 6.20 Å². The first-order chi connectivity index (χ1) is 12.0. The number of hydrogen-bond donors (Lipinski definition) is 1. The monoisotopic (exact) mass is 338 g/mol. The summed E-state index contributed by atoms with van der Waals surface area (Å²) in [6.07, 6.45) is 2.47. The molecule has 2 heterocycles. The number of rotatable bonds is 6. The number of carbonyl (C=O) groups excluding carboxylic acids is 1. The first-order valence-electron chi connectivity index (χ1n) is 8.43. The summed E-state index contributed by atoms with van der Waals surface area (Å²) in [5, 5.41) is 7.24. The number of hydrogen-bond acceptors (Lipinski definition) is 3. The molecule has 6 nitrogen and oxygen atoms in total. The highest BCUT2D eigenvalue weighted by molar-refractivity contribution is 5.76.